The Labute approximate surface area is 530 Å². The second-order valence-corrected chi connectivity index (χ2v) is 30.8. The van der Waals surface area contributed by atoms with Crippen molar-refractivity contribution in [2.75, 3.05) is 31.9 Å². The summed E-state index contributed by atoms with van der Waals surface area (Å²) in [6, 6.07) is 16.4. The van der Waals surface area contributed by atoms with Crippen LogP contribution in [0.2, 0.25) is 0 Å². The van der Waals surface area contributed by atoms with E-state index in [-0.39, 0.29) is 81.4 Å². The maximum atomic E-state index is 13.9. The van der Waals surface area contributed by atoms with E-state index >= 15 is 0 Å². The van der Waals surface area contributed by atoms with E-state index in [9.17, 15) is 128 Å². The number of anilines is 6. The van der Waals surface area contributed by atoms with Crippen molar-refractivity contribution < 1.29 is 128 Å². The summed E-state index contributed by atoms with van der Waals surface area (Å²) in [4.78, 5) is 55.9. The molecule has 0 aliphatic heterocycles. The van der Waals surface area contributed by atoms with Gasteiger partial charge in [0.2, 0.25) is 0 Å². The van der Waals surface area contributed by atoms with Crippen molar-refractivity contribution in [2.45, 2.75) is 53.0 Å². The number of benzene rings is 8. The topological polar surface area (TPSA) is 592 Å². The van der Waals surface area contributed by atoms with Crippen molar-refractivity contribution in [3.63, 3.8) is 0 Å². The molecular weight excluding hydrogens is 1420 g/mol. The first-order valence-corrected chi connectivity index (χ1v) is 36.4. The van der Waals surface area contributed by atoms with Crippen LogP contribution in [0.15, 0.2) is 160 Å². The fraction of sp³-hybridized carbons (Fsp3) is 0.0392. The highest BCUT2D eigenvalue weighted by molar-refractivity contribution is 7.88. The average Bonchev–Trinajstić information content (AvgIpc) is 0.732. The molecule has 94 heavy (non-hydrogen) atoms. The van der Waals surface area contributed by atoms with Gasteiger partial charge < -0.3 is 31.9 Å². The highest BCUT2D eigenvalue weighted by atomic mass is 32.2. The lowest BCUT2D eigenvalue weighted by Crippen LogP contribution is -2.21. The largest absolute Gasteiger partial charge is 0.323 e. The number of fused-ring (bicyclic) bond motifs is 2. The molecule has 35 nitrogen and oxygen atoms in total. The number of hydrogen-bond acceptors (Lipinski definition) is 21. The summed E-state index contributed by atoms with van der Waals surface area (Å²) in [5, 5.41) is 8.76. The van der Waals surface area contributed by atoms with Crippen LogP contribution in [0.1, 0.15) is 52.6 Å². The Bertz CT molecular complexity index is 5340. The molecule has 0 saturated heterocycles. The number of rotatable bonds is 18. The van der Waals surface area contributed by atoms with Gasteiger partial charge >= 0.3 is 6.03 Å². The van der Waals surface area contributed by atoms with Crippen LogP contribution in [0.25, 0.3) is 21.5 Å². The maximum Gasteiger partial charge on any atom is 0.323 e. The Balaban J connectivity index is 0.995. The quantitative estimate of drug-likeness (QED) is 0.0489. The van der Waals surface area contributed by atoms with Crippen LogP contribution >= 0.6 is 0 Å². The zero-order chi connectivity index (χ0) is 70.1. The minimum Gasteiger partial charge on any atom is -0.322 e. The molecule has 0 spiro atoms. The van der Waals surface area contributed by atoms with Crippen LogP contribution in [0.3, 0.4) is 0 Å². The molecule has 6 amide bonds. The molecule has 0 aliphatic carbocycles. The Kier molecular flexibility index (Phi) is 18.7. The minimum atomic E-state index is -5.80. The number of aryl methyl sites for hydroxylation is 2. The molecule has 0 aliphatic rings. The van der Waals surface area contributed by atoms with Crippen molar-refractivity contribution >= 4 is 166 Å². The molecule has 0 heterocycles. The predicted molar refractivity (Wildman–Crippen MR) is 326 cm³/mol. The molecular formula is C51H40N6O29S8. The number of nitrogens with one attached hydrogen (secondary N) is 6. The first kappa shape index (κ1) is 70.6. The van der Waals surface area contributed by atoms with Crippen LogP contribution in [0, 0.1) is 13.8 Å². The first-order chi connectivity index (χ1) is 43.0. The van der Waals surface area contributed by atoms with Gasteiger partial charge in [0.1, 0.15) is 29.4 Å². The van der Waals surface area contributed by atoms with E-state index in [4.69, 9.17) is 0 Å². The van der Waals surface area contributed by atoms with Gasteiger partial charge in [-0.2, -0.15) is 67.3 Å². The van der Waals surface area contributed by atoms with Gasteiger partial charge in [-0.15, -0.1) is 0 Å². The Morgan fingerprint density at radius 1 is 0.298 bits per heavy atom. The fourth-order valence-electron chi connectivity index (χ4n) is 8.98. The molecule has 8 rings (SSSR count). The summed E-state index contributed by atoms with van der Waals surface area (Å²) < 4.78 is 280. The van der Waals surface area contributed by atoms with Crippen LogP contribution in [0.4, 0.5) is 38.9 Å². The molecule has 496 valence electrons. The molecule has 0 atom stereocenters. The molecule has 8 aromatic rings. The zero-order valence-corrected chi connectivity index (χ0v) is 53.0. The van der Waals surface area contributed by atoms with Gasteiger partial charge in [-0.05, 0) is 122 Å². The predicted octanol–water partition coefficient (Wildman–Crippen LogP) is 5.24. The molecule has 0 saturated carbocycles. The molecule has 8 aromatic carbocycles. The van der Waals surface area contributed by atoms with Gasteiger partial charge in [0.05, 0.1) is 21.2 Å². The fourth-order valence-corrected chi connectivity index (χ4v) is 14.6. The number of carbonyl (C=O) groups is 5. The van der Waals surface area contributed by atoms with Crippen LogP contribution in [-0.4, -0.2) is 133 Å². The number of hydrogen-bond donors (Lipinski definition) is 14. The van der Waals surface area contributed by atoms with E-state index in [1.54, 1.807) is 0 Å². The molecule has 43 heteroatoms. The molecule has 0 unspecified atom stereocenters. The summed E-state index contributed by atoms with van der Waals surface area (Å²) in [6.07, 6.45) is 0. The average molecular weight is 1460 g/mol. The lowest BCUT2D eigenvalue weighted by molar-refractivity contribution is 0.101. The Morgan fingerprint density at radius 2 is 0.596 bits per heavy atom. The van der Waals surface area contributed by atoms with E-state index in [2.05, 4.69) is 21.3 Å². The van der Waals surface area contributed by atoms with E-state index in [0.717, 1.165) is 24.3 Å². The number of urea groups is 1. The zero-order valence-electron chi connectivity index (χ0n) is 46.5. The highest BCUT2D eigenvalue weighted by Gasteiger charge is 2.35. The lowest BCUT2D eigenvalue weighted by atomic mass is 10.1. The summed E-state index contributed by atoms with van der Waals surface area (Å²) in [5.41, 5.74) is -3.74. The smallest absolute Gasteiger partial charge is 0.322 e. The second kappa shape index (κ2) is 24.9. The van der Waals surface area contributed by atoms with Gasteiger partial charge in [-0.25, -0.2) is 4.79 Å². The third-order valence-corrected chi connectivity index (χ3v) is 20.2. The van der Waals surface area contributed by atoms with Crippen molar-refractivity contribution in [1.29, 1.82) is 0 Å². The third-order valence-electron chi connectivity index (χ3n) is 13.2. The van der Waals surface area contributed by atoms with Gasteiger partial charge in [0, 0.05) is 66.5 Å². The van der Waals surface area contributed by atoms with Gasteiger partial charge in [0.25, 0.3) is 105 Å². The minimum absolute atomic E-state index is 0.00310. The van der Waals surface area contributed by atoms with Crippen molar-refractivity contribution in [3.8, 4) is 0 Å². The van der Waals surface area contributed by atoms with Crippen molar-refractivity contribution in [1.82, 2.24) is 0 Å². The molecule has 0 radical (unpaired) electrons. The molecule has 0 aromatic heterocycles. The van der Waals surface area contributed by atoms with Crippen molar-refractivity contribution in [2.24, 2.45) is 0 Å². The SMILES string of the molecule is Cc1ccc(C(=O)Nc2c(S(=O)(=O)O)cc(S(=O)(=O)O)c3cc(S(=O)(=O)O)cc(S(=O)(=O)O)c23)cc1NC(=O)c1cccc(NC(=O)Nc2cccc(C(=O)Nc3cc(C(=O)Nc4c(S(=O)(=O)O)cc(S(=O)(=O)O)c5cc(S(=O)(=O)O)cc(S(=O)(=O)O)c45)ccc3C)c2)c1. The Hall–Kier alpha value is -9.29. The molecule has 14 N–H and O–H groups in total. The summed E-state index contributed by atoms with van der Waals surface area (Å²) in [7, 11) is -45.5. The van der Waals surface area contributed by atoms with Gasteiger partial charge in [-0.1, -0.05) is 24.3 Å². The monoisotopic (exact) mass is 1460 g/mol. The lowest BCUT2D eigenvalue weighted by Gasteiger charge is -2.18. The highest BCUT2D eigenvalue weighted by Crippen LogP contribution is 2.43. The molecule has 0 bridgehead atoms. The van der Waals surface area contributed by atoms with E-state index in [0.29, 0.717) is 0 Å². The van der Waals surface area contributed by atoms with E-state index in [1.165, 1.54) is 74.5 Å². The van der Waals surface area contributed by atoms with E-state index in [1.807, 2.05) is 10.6 Å². The first-order valence-electron chi connectivity index (χ1n) is 24.9. The van der Waals surface area contributed by atoms with Gasteiger partial charge in [0.15, 0.2) is 0 Å². The Morgan fingerprint density at radius 3 is 0.894 bits per heavy atom. The standard InChI is InChI=1S/C51H40N6O29S8/c1-23-9-11-27(49(60)56-45-41(93(81,82)83)21-37(89(69,70)71)33-17-31(87(63,64)65)19-39(43(33)45)91(75,76)77)15-35(23)54-47(58)25-5-3-7-29(13-25)52-51(62)53-30-8-4-6-26(14-30)48(59)55-36-16-28(12-10-24(36)2)50(61)57-46-42(94(84,85)86)22-38(90(72,73)74)34-18-32(88(66,67)68)20-40(44(34)46)92(78,79)80/h3-22H,1-2H3,(H,54,58)(H,55,59)(H,56,60)(H,57,61)(H2,52,53,62)(H,63,64,65)(H,66,67,68)(H,69,70,71)(H,72,73,74)(H,75,76,77)(H,78,79,80)(H,81,82,83)(H,84,85,86). The maximum absolute atomic E-state index is 13.9. The summed E-state index contributed by atoms with van der Waals surface area (Å²) in [5.74, 6) is -4.62. The van der Waals surface area contributed by atoms with Crippen LogP contribution < -0.4 is 31.9 Å². The summed E-state index contributed by atoms with van der Waals surface area (Å²) in [6.45, 7) is 2.88. The number of carbonyl (C=O) groups excluding carboxylic acids is 5. The van der Waals surface area contributed by atoms with Crippen molar-refractivity contribution in [3.05, 3.63) is 155 Å². The number of amides is 6. The van der Waals surface area contributed by atoms with Crippen LogP contribution in [-0.2, 0) is 80.9 Å². The van der Waals surface area contributed by atoms with Gasteiger partial charge in [-0.3, -0.25) is 55.6 Å². The van der Waals surface area contributed by atoms with Crippen LogP contribution in [0.5, 0.6) is 0 Å². The summed E-state index contributed by atoms with van der Waals surface area (Å²) >= 11 is 0. The normalized spacial score (nSPS) is 12.6. The molecule has 0 fully saturated rings. The van der Waals surface area contributed by atoms with E-state index < -0.39 is 194 Å². The second-order valence-electron chi connectivity index (χ2n) is 19.6. The third kappa shape index (κ3) is 15.5.